The SMILES string of the molecule is CCCCCCCCCCC[C@@H](O)[C@H](C)NC(C)=O. The molecular formula is C16H33NO2. The second-order valence-corrected chi connectivity index (χ2v) is 5.67. The molecule has 114 valence electrons. The van der Waals surface area contributed by atoms with Crippen LogP contribution in [-0.2, 0) is 4.79 Å². The van der Waals surface area contributed by atoms with Crippen molar-refractivity contribution in [2.24, 2.45) is 0 Å². The normalized spacial score (nSPS) is 14.1. The maximum absolute atomic E-state index is 10.9. The van der Waals surface area contributed by atoms with Crippen LogP contribution in [-0.4, -0.2) is 23.2 Å². The maximum atomic E-state index is 10.9. The zero-order valence-corrected chi connectivity index (χ0v) is 13.1. The van der Waals surface area contributed by atoms with E-state index in [1.807, 2.05) is 6.92 Å². The highest BCUT2D eigenvalue weighted by Crippen LogP contribution is 2.12. The number of aliphatic hydroxyl groups excluding tert-OH is 1. The fourth-order valence-electron chi connectivity index (χ4n) is 2.33. The van der Waals surface area contributed by atoms with Crippen LogP contribution in [0.4, 0.5) is 0 Å². The van der Waals surface area contributed by atoms with Crippen molar-refractivity contribution < 1.29 is 9.90 Å². The fraction of sp³-hybridized carbons (Fsp3) is 0.938. The van der Waals surface area contributed by atoms with Gasteiger partial charge < -0.3 is 10.4 Å². The molecule has 0 aromatic heterocycles. The lowest BCUT2D eigenvalue weighted by atomic mass is 10.0. The number of amides is 1. The average molecular weight is 271 g/mol. The molecule has 0 aliphatic carbocycles. The van der Waals surface area contributed by atoms with Gasteiger partial charge >= 0.3 is 0 Å². The predicted molar refractivity (Wildman–Crippen MR) is 81.1 cm³/mol. The van der Waals surface area contributed by atoms with Gasteiger partial charge in [0.2, 0.25) is 5.91 Å². The van der Waals surface area contributed by atoms with E-state index in [9.17, 15) is 9.90 Å². The summed E-state index contributed by atoms with van der Waals surface area (Å²) in [7, 11) is 0. The molecule has 0 aliphatic rings. The Balaban J connectivity index is 3.31. The Morgan fingerprint density at radius 1 is 1.00 bits per heavy atom. The summed E-state index contributed by atoms with van der Waals surface area (Å²) in [6, 6.07) is -0.133. The third-order valence-electron chi connectivity index (χ3n) is 3.61. The molecule has 0 bridgehead atoms. The zero-order chi connectivity index (χ0) is 14.5. The van der Waals surface area contributed by atoms with Crippen molar-refractivity contribution in [2.75, 3.05) is 0 Å². The van der Waals surface area contributed by atoms with Crippen LogP contribution >= 0.6 is 0 Å². The van der Waals surface area contributed by atoms with E-state index in [-0.39, 0.29) is 11.9 Å². The number of hydrogen-bond acceptors (Lipinski definition) is 2. The van der Waals surface area contributed by atoms with Crippen molar-refractivity contribution in [3.8, 4) is 0 Å². The first-order valence-electron chi connectivity index (χ1n) is 8.03. The van der Waals surface area contributed by atoms with Gasteiger partial charge in [-0.1, -0.05) is 64.7 Å². The zero-order valence-electron chi connectivity index (χ0n) is 13.1. The number of hydrogen-bond donors (Lipinski definition) is 2. The topological polar surface area (TPSA) is 49.3 Å². The van der Waals surface area contributed by atoms with Crippen LogP contribution in [0.5, 0.6) is 0 Å². The van der Waals surface area contributed by atoms with E-state index in [2.05, 4.69) is 12.2 Å². The molecule has 0 heterocycles. The summed E-state index contributed by atoms with van der Waals surface area (Å²) in [5.41, 5.74) is 0. The van der Waals surface area contributed by atoms with Gasteiger partial charge in [-0.3, -0.25) is 4.79 Å². The molecule has 2 atom stereocenters. The first kappa shape index (κ1) is 18.4. The highest BCUT2D eigenvalue weighted by atomic mass is 16.3. The molecular weight excluding hydrogens is 238 g/mol. The van der Waals surface area contributed by atoms with Crippen LogP contribution in [0.3, 0.4) is 0 Å². The molecule has 19 heavy (non-hydrogen) atoms. The minimum atomic E-state index is -0.409. The minimum absolute atomic E-state index is 0.0707. The van der Waals surface area contributed by atoms with Crippen molar-refractivity contribution >= 4 is 5.91 Å². The van der Waals surface area contributed by atoms with Crippen LogP contribution in [0.1, 0.15) is 85.0 Å². The lowest BCUT2D eigenvalue weighted by Gasteiger charge is -2.19. The molecule has 0 fully saturated rings. The molecule has 3 nitrogen and oxygen atoms in total. The third-order valence-corrected chi connectivity index (χ3v) is 3.61. The molecule has 3 heteroatoms. The third kappa shape index (κ3) is 12.2. The molecule has 0 unspecified atom stereocenters. The number of carbonyl (C=O) groups is 1. The Kier molecular flexibility index (Phi) is 12.1. The Hall–Kier alpha value is -0.570. The Morgan fingerprint density at radius 3 is 1.95 bits per heavy atom. The lowest BCUT2D eigenvalue weighted by molar-refractivity contribution is -0.120. The van der Waals surface area contributed by atoms with Crippen molar-refractivity contribution in [3.63, 3.8) is 0 Å². The molecule has 0 spiro atoms. The molecule has 0 aliphatic heterocycles. The van der Waals surface area contributed by atoms with Gasteiger partial charge in [0, 0.05) is 6.92 Å². The molecule has 0 radical (unpaired) electrons. The Bertz CT molecular complexity index is 219. The summed E-state index contributed by atoms with van der Waals surface area (Å²) in [6.45, 7) is 5.59. The molecule has 0 saturated heterocycles. The van der Waals surface area contributed by atoms with E-state index in [4.69, 9.17) is 0 Å². The summed E-state index contributed by atoms with van der Waals surface area (Å²) in [6.07, 6.45) is 12.0. The number of nitrogens with one attached hydrogen (secondary N) is 1. The molecule has 0 aromatic carbocycles. The molecule has 2 N–H and O–H groups in total. The van der Waals surface area contributed by atoms with Gasteiger partial charge in [-0.25, -0.2) is 0 Å². The van der Waals surface area contributed by atoms with E-state index in [0.29, 0.717) is 0 Å². The van der Waals surface area contributed by atoms with Gasteiger partial charge in [0.05, 0.1) is 12.1 Å². The lowest BCUT2D eigenvalue weighted by Crippen LogP contribution is -2.39. The second kappa shape index (κ2) is 12.5. The quantitative estimate of drug-likeness (QED) is 0.531. The molecule has 0 rings (SSSR count). The van der Waals surface area contributed by atoms with E-state index >= 15 is 0 Å². The molecule has 0 aromatic rings. The standard InChI is InChI=1S/C16H33NO2/c1-4-5-6-7-8-9-10-11-12-13-16(19)14(2)17-15(3)18/h14,16,19H,4-13H2,1-3H3,(H,17,18)/t14-,16+/m0/s1. The first-order chi connectivity index (χ1) is 9.07. The molecule has 1 amide bonds. The highest BCUT2D eigenvalue weighted by molar-refractivity contribution is 5.73. The van der Waals surface area contributed by atoms with Gasteiger partial charge in [-0.2, -0.15) is 0 Å². The number of unbranched alkanes of at least 4 members (excludes halogenated alkanes) is 8. The largest absolute Gasteiger partial charge is 0.391 e. The van der Waals surface area contributed by atoms with Crippen molar-refractivity contribution in [1.29, 1.82) is 0 Å². The van der Waals surface area contributed by atoms with Crippen molar-refractivity contribution in [2.45, 2.75) is 97.1 Å². The second-order valence-electron chi connectivity index (χ2n) is 5.67. The molecule has 0 saturated carbocycles. The summed E-state index contributed by atoms with van der Waals surface area (Å²) < 4.78 is 0. The predicted octanol–water partition coefficient (Wildman–Crippen LogP) is 3.79. The van der Waals surface area contributed by atoms with Crippen LogP contribution in [0.2, 0.25) is 0 Å². The average Bonchev–Trinajstić information content (AvgIpc) is 2.35. The van der Waals surface area contributed by atoms with E-state index in [1.165, 1.54) is 58.3 Å². The van der Waals surface area contributed by atoms with Crippen molar-refractivity contribution in [3.05, 3.63) is 0 Å². The minimum Gasteiger partial charge on any atom is -0.391 e. The van der Waals surface area contributed by atoms with E-state index < -0.39 is 6.10 Å². The smallest absolute Gasteiger partial charge is 0.217 e. The van der Waals surface area contributed by atoms with Crippen LogP contribution in [0.25, 0.3) is 0 Å². The van der Waals surface area contributed by atoms with Crippen LogP contribution in [0, 0.1) is 0 Å². The van der Waals surface area contributed by atoms with E-state index in [0.717, 1.165) is 12.8 Å². The highest BCUT2D eigenvalue weighted by Gasteiger charge is 2.13. The van der Waals surface area contributed by atoms with E-state index in [1.54, 1.807) is 0 Å². The summed E-state index contributed by atoms with van der Waals surface area (Å²) >= 11 is 0. The van der Waals surface area contributed by atoms with Crippen molar-refractivity contribution in [1.82, 2.24) is 5.32 Å². The number of rotatable bonds is 12. The van der Waals surface area contributed by atoms with Crippen LogP contribution in [0.15, 0.2) is 0 Å². The summed E-state index contributed by atoms with van der Waals surface area (Å²) in [5, 5.41) is 12.6. The Morgan fingerprint density at radius 2 is 1.47 bits per heavy atom. The van der Waals surface area contributed by atoms with Gasteiger partial charge in [-0.05, 0) is 13.3 Å². The monoisotopic (exact) mass is 271 g/mol. The van der Waals surface area contributed by atoms with Gasteiger partial charge in [0.1, 0.15) is 0 Å². The fourth-order valence-corrected chi connectivity index (χ4v) is 2.33. The van der Waals surface area contributed by atoms with Crippen LogP contribution < -0.4 is 5.32 Å². The van der Waals surface area contributed by atoms with Gasteiger partial charge in [0.25, 0.3) is 0 Å². The maximum Gasteiger partial charge on any atom is 0.217 e. The number of aliphatic hydroxyl groups is 1. The Labute approximate surface area is 119 Å². The summed E-state index contributed by atoms with van der Waals surface area (Å²) in [5.74, 6) is -0.0707. The first-order valence-corrected chi connectivity index (χ1v) is 8.03. The summed E-state index contributed by atoms with van der Waals surface area (Å²) in [4.78, 5) is 10.9. The van der Waals surface area contributed by atoms with Gasteiger partial charge in [0.15, 0.2) is 0 Å². The van der Waals surface area contributed by atoms with Gasteiger partial charge in [-0.15, -0.1) is 0 Å². The number of carbonyl (C=O) groups excluding carboxylic acids is 1.